The lowest BCUT2D eigenvalue weighted by Gasteiger charge is -2.21. The van der Waals surface area contributed by atoms with Crippen molar-refractivity contribution < 1.29 is 4.79 Å². The van der Waals surface area contributed by atoms with Crippen molar-refractivity contribution in [3.8, 4) is 0 Å². The lowest BCUT2D eigenvalue weighted by molar-refractivity contribution is -0.120. The average Bonchev–Trinajstić information content (AvgIpc) is 2.73. The minimum atomic E-state index is 0. The molecule has 1 atom stereocenters. The molecule has 3 nitrogen and oxygen atoms in total. The normalized spacial score (nSPS) is 24.5. The molecule has 1 aliphatic carbocycles. The van der Waals surface area contributed by atoms with Crippen LogP contribution in [0, 0.1) is 0 Å². The molecule has 1 aliphatic heterocycles. The highest BCUT2D eigenvalue weighted by molar-refractivity contribution is 8.07. The standard InChI is InChI=1S/C14H26N2OS2.ClH/c17-14(13-11-18-9-10-19-13)16-8-7-15-12-5-3-1-2-4-6-12;/h12-13,15H,1-11H2,(H,16,17);1H. The first kappa shape index (κ1) is 18.5. The Hall–Kier alpha value is 0.420. The molecule has 2 rings (SSSR count). The Kier molecular flexibility index (Phi) is 10.2. The van der Waals surface area contributed by atoms with Crippen molar-refractivity contribution in [2.75, 3.05) is 30.3 Å². The number of carbonyl (C=O) groups excluding carboxylic acids is 1. The lowest BCUT2D eigenvalue weighted by atomic mass is 10.1. The number of amides is 1. The number of carbonyl (C=O) groups is 1. The third kappa shape index (κ3) is 6.92. The molecule has 0 spiro atoms. The summed E-state index contributed by atoms with van der Waals surface area (Å²) >= 11 is 3.71. The molecule has 0 aromatic carbocycles. The molecule has 0 aromatic heterocycles. The van der Waals surface area contributed by atoms with E-state index in [-0.39, 0.29) is 23.6 Å². The Balaban J connectivity index is 0.00000200. The minimum absolute atomic E-state index is 0. The van der Waals surface area contributed by atoms with Crippen LogP contribution < -0.4 is 10.6 Å². The average molecular weight is 339 g/mol. The maximum absolute atomic E-state index is 11.9. The molecule has 2 fully saturated rings. The second-order valence-electron chi connectivity index (χ2n) is 5.37. The Bertz CT molecular complexity index is 268. The van der Waals surface area contributed by atoms with E-state index in [9.17, 15) is 4.79 Å². The summed E-state index contributed by atoms with van der Waals surface area (Å²) in [6, 6.07) is 0.680. The summed E-state index contributed by atoms with van der Waals surface area (Å²) in [6.45, 7) is 1.69. The van der Waals surface area contributed by atoms with Crippen LogP contribution in [-0.2, 0) is 4.79 Å². The highest BCUT2D eigenvalue weighted by Gasteiger charge is 2.21. The molecule has 0 radical (unpaired) electrons. The molecular formula is C14H27ClN2OS2. The van der Waals surface area contributed by atoms with Gasteiger partial charge in [0.15, 0.2) is 0 Å². The first-order valence-electron chi connectivity index (χ1n) is 7.57. The van der Waals surface area contributed by atoms with E-state index in [4.69, 9.17) is 0 Å². The zero-order valence-corrected chi connectivity index (χ0v) is 14.5. The SMILES string of the molecule is Cl.O=C(NCCNC1CCCCCC1)C1CSCCS1. The van der Waals surface area contributed by atoms with E-state index >= 15 is 0 Å². The van der Waals surface area contributed by atoms with Gasteiger partial charge in [-0.3, -0.25) is 4.79 Å². The van der Waals surface area contributed by atoms with Crippen molar-refractivity contribution in [3.05, 3.63) is 0 Å². The van der Waals surface area contributed by atoms with Gasteiger partial charge in [0.25, 0.3) is 0 Å². The number of halogens is 1. The molecule has 1 heterocycles. The maximum Gasteiger partial charge on any atom is 0.234 e. The van der Waals surface area contributed by atoms with Crippen LogP contribution in [0.4, 0.5) is 0 Å². The first-order valence-corrected chi connectivity index (χ1v) is 9.77. The highest BCUT2D eigenvalue weighted by Crippen LogP contribution is 2.23. The molecule has 20 heavy (non-hydrogen) atoms. The van der Waals surface area contributed by atoms with Crippen LogP contribution in [0.3, 0.4) is 0 Å². The number of thioether (sulfide) groups is 2. The van der Waals surface area contributed by atoms with Gasteiger partial charge < -0.3 is 10.6 Å². The van der Waals surface area contributed by atoms with Crippen LogP contribution >= 0.6 is 35.9 Å². The Labute approximate surface area is 137 Å². The van der Waals surface area contributed by atoms with E-state index < -0.39 is 0 Å². The molecule has 2 N–H and O–H groups in total. The summed E-state index contributed by atoms with van der Waals surface area (Å²) < 4.78 is 0. The molecule has 118 valence electrons. The second-order valence-corrected chi connectivity index (χ2v) is 7.83. The molecule has 1 amide bonds. The number of hydrogen-bond acceptors (Lipinski definition) is 4. The molecule has 0 bridgehead atoms. The van der Waals surface area contributed by atoms with Crippen molar-refractivity contribution in [2.45, 2.75) is 49.8 Å². The molecular weight excluding hydrogens is 312 g/mol. The molecule has 1 unspecified atom stereocenters. The number of hydrogen-bond donors (Lipinski definition) is 2. The Morgan fingerprint density at radius 2 is 1.80 bits per heavy atom. The summed E-state index contributed by atoms with van der Waals surface area (Å²) in [5, 5.41) is 6.84. The van der Waals surface area contributed by atoms with Gasteiger partial charge in [0.2, 0.25) is 5.91 Å². The van der Waals surface area contributed by atoms with Crippen LogP contribution in [0.15, 0.2) is 0 Å². The van der Waals surface area contributed by atoms with Gasteiger partial charge in [0.1, 0.15) is 0 Å². The van der Waals surface area contributed by atoms with Crippen LogP contribution in [0.1, 0.15) is 38.5 Å². The van der Waals surface area contributed by atoms with E-state index in [0.717, 1.165) is 24.6 Å². The third-order valence-electron chi connectivity index (χ3n) is 3.82. The summed E-state index contributed by atoms with van der Waals surface area (Å²) in [4.78, 5) is 11.9. The molecule has 1 saturated heterocycles. The second kappa shape index (κ2) is 11.0. The predicted octanol–water partition coefficient (Wildman–Crippen LogP) is 2.69. The van der Waals surface area contributed by atoms with Gasteiger partial charge in [-0.1, -0.05) is 25.7 Å². The van der Waals surface area contributed by atoms with Gasteiger partial charge in [-0.05, 0) is 12.8 Å². The van der Waals surface area contributed by atoms with Crippen molar-refractivity contribution in [3.63, 3.8) is 0 Å². The van der Waals surface area contributed by atoms with Crippen LogP contribution in [0.5, 0.6) is 0 Å². The number of rotatable bonds is 5. The maximum atomic E-state index is 11.9. The van der Waals surface area contributed by atoms with Gasteiger partial charge in [0.05, 0.1) is 5.25 Å². The lowest BCUT2D eigenvalue weighted by Crippen LogP contribution is -2.41. The van der Waals surface area contributed by atoms with E-state index in [2.05, 4.69) is 10.6 Å². The largest absolute Gasteiger partial charge is 0.354 e. The van der Waals surface area contributed by atoms with E-state index in [0.29, 0.717) is 6.04 Å². The Morgan fingerprint density at radius 1 is 1.05 bits per heavy atom. The van der Waals surface area contributed by atoms with E-state index in [1.165, 1.54) is 44.3 Å². The fourth-order valence-electron chi connectivity index (χ4n) is 2.70. The van der Waals surface area contributed by atoms with Crippen molar-refractivity contribution >= 4 is 41.8 Å². The first-order chi connectivity index (χ1) is 9.36. The fraction of sp³-hybridized carbons (Fsp3) is 0.929. The number of nitrogens with one attached hydrogen (secondary N) is 2. The van der Waals surface area contributed by atoms with E-state index in [1.54, 1.807) is 11.8 Å². The monoisotopic (exact) mass is 338 g/mol. The van der Waals surface area contributed by atoms with Gasteiger partial charge >= 0.3 is 0 Å². The summed E-state index contributed by atoms with van der Waals surface area (Å²) in [5.41, 5.74) is 0. The van der Waals surface area contributed by atoms with E-state index in [1.807, 2.05) is 11.8 Å². The molecule has 2 aliphatic rings. The van der Waals surface area contributed by atoms with Crippen molar-refractivity contribution in [2.24, 2.45) is 0 Å². The minimum Gasteiger partial charge on any atom is -0.354 e. The highest BCUT2D eigenvalue weighted by atomic mass is 35.5. The van der Waals surface area contributed by atoms with Gasteiger partial charge in [-0.25, -0.2) is 0 Å². The van der Waals surface area contributed by atoms with Crippen molar-refractivity contribution in [1.82, 2.24) is 10.6 Å². The van der Waals surface area contributed by atoms with Gasteiger partial charge in [-0.15, -0.1) is 24.2 Å². The fourth-order valence-corrected chi connectivity index (χ4v) is 5.28. The summed E-state index contributed by atoms with van der Waals surface area (Å²) in [6.07, 6.45) is 8.13. The smallest absolute Gasteiger partial charge is 0.234 e. The summed E-state index contributed by atoms with van der Waals surface area (Å²) in [7, 11) is 0. The van der Waals surface area contributed by atoms with Crippen molar-refractivity contribution in [1.29, 1.82) is 0 Å². The summed E-state index contributed by atoms with van der Waals surface area (Å²) in [5.74, 6) is 3.52. The van der Waals surface area contributed by atoms with Crippen LogP contribution in [0.25, 0.3) is 0 Å². The topological polar surface area (TPSA) is 41.1 Å². The molecule has 0 aromatic rings. The zero-order chi connectivity index (χ0) is 13.3. The van der Waals surface area contributed by atoms with Gasteiger partial charge in [0, 0.05) is 36.4 Å². The third-order valence-corrected chi connectivity index (χ3v) is 6.57. The Morgan fingerprint density at radius 3 is 2.45 bits per heavy atom. The quantitative estimate of drug-likeness (QED) is 0.597. The molecule has 6 heteroatoms. The predicted molar refractivity (Wildman–Crippen MR) is 93.3 cm³/mol. The van der Waals surface area contributed by atoms with Crippen LogP contribution in [-0.4, -0.2) is 47.5 Å². The van der Waals surface area contributed by atoms with Gasteiger partial charge in [-0.2, -0.15) is 11.8 Å². The van der Waals surface area contributed by atoms with Crippen LogP contribution in [0.2, 0.25) is 0 Å². The molecule has 1 saturated carbocycles. The zero-order valence-electron chi connectivity index (χ0n) is 12.1.